The Bertz CT molecular complexity index is 632. The molecule has 0 unspecified atom stereocenters. The molecule has 0 saturated carbocycles. The Morgan fingerprint density at radius 2 is 1.79 bits per heavy atom. The number of carboxylic acids is 1. The van der Waals surface area contributed by atoms with Crippen LogP contribution in [0.25, 0.3) is 11.1 Å². The zero-order chi connectivity index (χ0) is 13.8. The normalized spacial score (nSPS) is 9.95. The minimum atomic E-state index is -1.46. The van der Waals surface area contributed by atoms with Crippen molar-refractivity contribution in [3.8, 4) is 16.9 Å². The van der Waals surface area contributed by atoms with Crippen molar-refractivity contribution >= 4 is 11.8 Å². The van der Waals surface area contributed by atoms with Crippen LogP contribution in [0.1, 0.15) is 10.4 Å². The fourth-order valence-electron chi connectivity index (χ4n) is 1.83. The van der Waals surface area contributed by atoms with Gasteiger partial charge in [0.2, 0.25) is 0 Å². The predicted molar refractivity (Wildman–Crippen MR) is 70.4 cm³/mol. The summed E-state index contributed by atoms with van der Waals surface area (Å²) in [6.45, 7) is 0. The molecule has 0 heterocycles. The van der Waals surface area contributed by atoms with E-state index in [9.17, 15) is 9.59 Å². The lowest BCUT2D eigenvalue weighted by atomic mass is 10.0. The second-order valence-corrected chi connectivity index (χ2v) is 3.92. The molecule has 0 aliphatic carbocycles. The molecular formula is C15H12O4. The van der Waals surface area contributed by atoms with Gasteiger partial charge < -0.3 is 9.84 Å². The topological polar surface area (TPSA) is 63.6 Å². The number of hydrogen-bond donors (Lipinski definition) is 1. The Morgan fingerprint density at radius 3 is 2.47 bits per heavy atom. The highest BCUT2D eigenvalue weighted by atomic mass is 16.5. The van der Waals surface area contributed by atoms with Crippen molar-refractivity contribution in [3.63, 3.8) is 0 Å². The molecule has 19 heavy (non-hydrogen) atoms. The molecule has 2 rings (SSSR count). The van der Waals surface area contributed by atoms with Crippen molar-refractivity contribution in [2.24, 2.45) is 0 Å². The molecule has 2 aromatic rings. The van der Waals surface area contributed by atoms with E-state index in [1.807, 2.05) is 18.2 Å². The van der Waals surface area contributed by atoms with E-state index in [1.165, 1.54) is 6.07 Å². The van der Waals surface area contributed by atoms with Gasteiger partial charge in [0.15, 0.2) is 0 Å². The van der Waals surface area contributed by atoms with Gasteiger partial charge in [-0.1, -0.05) is 36.4 Å². The van der Waals surface area contributed by atoms with Crippen LogP contribution in [-0.2, 0) is 4.79 Å². The molecule has 0 amide bonds. The summed E-state index contributed by atoms with van der Waals surface area (Å²) in [5.41, 5.74) is 1.70. The Balaban J connectivity index is 2.49. The lowest BCUT2D eigenvalue weighted by molar-refractivity contribution is -0.131. The van der Waals surface area contributed by atoms with Crippen LogP contribution in [0.15, 0.2) is 48.5 Å². The van der Waals surface area contributed by atoms with Crippen molar-refractivity contribution < 1.29 is 19.4 Å². The first-order valence-corrected chi connectivity index (χ1v) is 5.64. The maximum absolute atomic E-state index is 11.5. The summed E-state index contributed by atoms with van der Waals surface area (Å²) < 4.78 is 5.25. The van der Waals surface area contributed by atoms with Gasteiger partial charge in [0, 0.05) is 11.1 Å². The fourth-order valence-corrected chi connectivity index (χ4v) is 1.83. The number of carboxylic acid groups (broad SMARTS) is 1. The lowest BCUT2D eigenvalue weighted by Gasteiger charge is -2.08. The first-order chi connectivity index (χ1) is 9.13. The van der Waals surface area contributed by atoms with Gasteiger partial charge in [-0.05, 0) is 17.7 Å². The quantitative estimate of drug-likeness (QED) is 0.674. The molecule has 0 fully saturated rings. The number of carbonyl (C=O) groups excluding carboxylic acids is 1. The Hall–Kier alpha value is -2.62. The van der Waals surface area contributed by atoms with Crippen LogP contribution in [0.5, 0.6) is 5.75 Å². The first-order valence-electron chi connectivity index (χ1n) is 5.64. The van der Waals surface area contributed by atoms with Crippen LogP contribution in [0.3, 0.4) is 0 Å². The molecule has 2 aromatic carbocycles. The van der Waals surface area contributed by atoms with E-state index in [1.54, 1.807) is 31.4 Å². The minimum absolute atomic E-state index is 0.149. The van der Waals surface area contributed by atoms with Gasteiger partial charge in [-0.25, -0.2) is 4.79 Å². The van der Waals surface area contributed by atoms with Gasteiger partial charge in [-0.15, -0.1) is 0 Å². The highest BCUT2D eigenvalue weighted by Gasteiger charge is 2.15. The predicted octanol–water partition coefficient (Wildman–Crippen LogP) is 2.63. The van der Waals surface area contributed by atoms with Crippen LogP contribution in [0.2, 0.25) is 0 Å². The van der Waals surface area contributed by atoms with Crippen molar-refractivity contribution in [2.45, 2.75) is 0 Å². The van der Waals surface area contributed by atoms with Gasteiger partial charge in [-0.2, -0.15) is 0 Å². The van der Waals surface area contributed by atoms with Gasteiger partial charge in [0.1, 0.15) is 5.75 Å². The average Bonchev–Trinajstić information content (AvgIpc) is 2.46. The van der Waals surface area contributed by atoms with Gasteiger partial charge >= 0.3 is 5.97 Å². The second kappa shape index (κ2) is 5.35. The molecule has 0 spiro atoms. The third kappa shape index (κ3) is 2.63. The number of ketones is 1. The monoisotopic (exact) mass is 256 g/mol. The van der Waals surface area contributed by atoms with Crippen molar-refractivity contribution in [1.29, 1.82) is 0 Å². The van der Waals surface area contributed by atoms with E-state index < -0.39 is 11.8 Å². The second-order valence-electron chi connectivity index (χ2n) is 3.92. The average molecular weight is 256 g/mol. The maximum Gasteiger partial charge on any atom is 0.377 e. The molecule has 96 valence electrons. The summed E-state index contributed by atoms with van der Waals surface area (Å²) in [6, 6.07) is 13.8. The Labute approximate surface area is 110 Å². The molecular weight excluding hydrogens is 244 g/mol. The summed E-state index contributed by atoms with van der Waals surface area (Å²) in [5, 5.41) is 8.72. The van der Waals surface area contributed by atoms with Gasteiger partial charge in [0.05, 0.1) is 7.11 Å². The molecule has 0 aliphatic rings. The molecule has 4 heteroatoms. The number of ether oxygens (including phenoxy) is 1. The number of hydrogen-bond acceptors (Lipinski definition) is 3. The highest BCUT2D eigenvalue weighted by Crippen LogP contribution is 2.29. The van der Waals surface area contributed by atoms with Gasteiger partial charge in [-0.3, -0.25) is 4.79 Å². The largest absolute Gasteiger partial charge is 0.496 e. The molecule has 0 aliphatic heterocycles. The Morgan fingerprint density at radius 1 is 1.05 bits per heavy atom. The molecule has 4 nitrogen and oxygen atoms in total. The van der Waals surface area contributed by atoms with Gasteiger partial charge in [0.25, 0.3) is 5.78 Å². The fraction of sp³-hybridized carbons (Fsp3) is 0.0667. The third-order valence-corrected chi connectivity index (χ3v) is 2.74. The standard InChI is InChI=1S/C15H12O4/c1-19-13-8-3-2-7-12(13)10-5-4-6-11(9-10)14(16)15(17)18/h2-9H,1H3,(H,17,18). The molecule has 0 bridgehead atoms. The minimum Gasteiger partial charge on any atom is -0.496 e. The van der Waals surface area contributed by atoms with E-state index in [2.05, 4.69) is 0 Å². The number of benzene rings is 2. The summed E-state index contributed by atoms with van der Waals surface area (Å²) in [5.74, 6) is -1.71. The zero-order valence-electron chi connectivity index (χ0n) is 10.3. The molecule has 0 saturated heterocycles. The first kappa shape index (κ1) is 12.8. The smallest absolute Gasteiger partial charge is 0.377 e. The number of aliphatic carboxylic acids is 1. The summed E-state index contributed by atoms with van der Waals surface area (Å²) >= 11 is 0. The van der Waals surface area contributed by atoms with Crippen molar-refractivity contribution in [1.82, 2.24) is 0 Å². The molecule has 0 atom stereocenters. The van der Waals surface area contributed by atoms with Crippen LogP contribution in [0.4, 0.5) is 0 Å². The van der Waals surface area contributed by atoms with E-state index in [4.69, 9.17) is 9.84 Å². The number of Topliss-reactive ketones (excluding diaryl/α,β-unsaturated/α-hetero) is 1. The summed E-state index contributed by atoms with van der Waals surface area (Å²) in [7, 11) is 1.56. The summed E-state index contributed by atoms with van der Waals surface area (Å²) in [4.78, 5) is 22.1. The summed E-state index contributed by atoms with van der Waals surface area (Å²) in [6.07, 6.45) is 0. The maximum atomic E-state index is 11.5. The number of methoxy groups -OCH3 is 1. The molecule has 1 N–H and O–H groups in total. The van der Waals surface area contributed by atoms with Crippen molar-refractivity contribution in [3.05, 3.63) is 54.1 Å². The zero-order valence-corrected chi connectivity index (χ0v) is 10.3. The highest BCUT2D eigenvalue weighted by molar-refractivity contribution is 6.39. The van der Waals surface area contributed by atoms with E-state index >= 15 is 0 Å². The van der Waals surface area contributed by atoms with E-state index in [0.717, 1.165) is 11.1 Å². The number of rotatable bonds is 4. The van der Waals surface area contributed by atoms with Crippen molar-refractivity contribution in [2.75, 3.05) is 7.11 Å². The number of para-hydroxylation sites is 1. The SMILES string of the molecule is COc1ccccc1-c1cccc(C(=O)C(=O)O)c1. The lowest BCUT2D eigenvalue weighted by Crippen LogP contribution is -2.12. The Kier molecular flexibility index (Phi) is 3.61. The van der Waals surface area contributed by atoms with E-state index in [-0.39, 0.29) is 5.56 Å². The van der Waals surface area contributed by atoms with Crippen LogP contribution < -0.4 is 4.74 Å². The van der Waals surface area contributed by atoms with Crippen LogP contribution in [-0.4, -0.2) is 24.0 Å². The van der Waals surface area contributed by atoms with Crippen LogP contribution in [0, 0.1) is 0 Å². The number of carbonyl (C=O) groups is 2. The van der Waals surface area contributed by atoms with E-state index in [0.29, 0.717) is 5.75 Å². The third-order valence-electron chi connectivity index (χ3n) is 2.74. The van der Waals surface area contributed by atoms with Crippen LogP contribution >= 0.6 is 0 Å². The molecule has 0 aromatic heterocycles. The molecule has 0 radical (unpaired) electrons.